The second-order valence-electron chi connectivity index (χ2n) is 8.57. The summed E-state index contributed by atoms with van der Waals surface area (Å²) in [6.07, 6.45) is 0. The van der Waals surface area contributed by atoms with Crippen molar-refractivity contribution >= 4 is 11.6 Å². The third-order valence-corrected chi connectivity index (χ3v) is 5.63. The number of nitrogens with zero attached hydrogens (tertiary/aromatic N) is 2. The lowest BCUT2D eigenvalue weighted by molar-refractivity contribution is 0.0753. The lowest BCUT2D eigenvalue weighted by atomic mass is 9.84. The van der Waals surface area contributed by atoms with E-state index in [-0.39, 0.29) is 11.3 Å². The second kappa shape index (κ2) is 9.36. The van der Waals surface area contributed by atoms with Crippen LogP contribution in [-0.2, 0) is 6.61 Å². The van der Waals surface area contributed by atoms with Gasteiger partial charge in [0.05, 0.1) is 26.5 Å². The first kappa shape index (κ1) is 22.4. The first-order chi connectivity index (χ1) is 15.9. The Balaban J connectivity index is 1.55. The molecule has 0 atom stereocenters. The van der Waals surface area contributed by atoms with E-state index in [1.165, 1.54) is 5.01 Å². The van der Waals surface area contributed by atoms with Crippen LogP contribution in [0.3, 0.4) is 0 Å². The lowest BCUT2D eigenvalue weighted by Crippen LogP contribution is -2.31. The Morgan fingerprint density at radius 3 is 2.42 bits per heavy atom. The number of amides is 1. The summed E-state index contributed by atoms with van der Waals surface area (Å²) in [5, 5.41) is 6.23. The molecule has 0 saturated heterocycles. The molecule has 4 rings (SSSR count). The van der Waals surface area contributed by atoms with Gasteiger partial charge in [0.15, 0.2) is 11.5 Å². The van der Waals surface area contributed by atoms with Crippen LogP contribution < -0.4 is 14.2 Å². The molecule has 0 unspecified atom stereocenters. The van der Waals surface area contributed by atoms with Gasteiger partial charge in [-0.25, -0.2) is 5.01 Å². The van der Waals surface area contributed by atoms with Gasteiger partial charge in [-0.2, -0.15) is 5.10 Å². The van der Waals surface area contributed by atoms with Crippen LogP contribution in [0, 0.1) is 5.41 Å². The first-order valence-electron chi connectivity index (χ1n) is 10.8. The number of hydrazone groups is 1. The molecule has 0 aromatic heterocycles. The van der Waals surface area contributed by atoms with E-state index in [1.54, 1.807) is 26.4 Å². The van der Waals surface area contributed by atoms with E-state index in [9.17, 15) is 4.79 Å². The molecule has 0 fully saturated rings. The van der Waals surface area contributed by atoms with Gasteiger partial charge in [-0.05, 0) is 42.0 Å². The Morgan fingerprint density at radius 1 is 0.939 bits per heavy atom. The van der Waals surface area contributed by atoms with Crippen LogP contribution in [0.25, 0.3) is 0 Å². The van der Waals surface area contributed by atoms with Crippen LogP contribution in [0.15, 0.2) is 77.9 Å². The van der Waals surface area contributed by atoms with Crippen LogP contribution in [0.2, 0.25) is 0 Å². The van der Waals surface area contributed by atoms with E-state index in [0.717, 1.165) is 16.8 Å². The monoisotopic (exact) mass is 444 g/mol. The van der Waals surface area contributed by atoms with Crippen molar-refractivity contribution in [1.82, 2.24) is 5.01 Å². The van der Waals surface area contributed by atoms with Crippen LogP contribution in [0.4, 0.5) is 0 Å². The Morgan fingerprint density at radius 2 is 1.70 bits per heavy atom. The van der Waals surface area contributed by atoms with E-state index in [4.69, 9.17) is 19.3 Å². The third kappa shape index (κ3) is 4.85. The van der Waals surface area contributed by atoms with E-state index < -0.39 is 0 Å². The highest BCUT2D eigenvalue weighted by atomic mass is 16.5. The molecule has 6 heteroatoms. The average molecular weight is 445 g/mol. The molecule has 170 valence electrons. The molecular weight excluding hydrogens is 416 g/mol. The highest BCUT2D eigenvalue weighted by Gasteiger charge is 2.38. The van der Waals surface area contributed by atoms with Gasteiger partial charge in [0.25, 0.3) is 5.91 Å². The summed E-state index contributed by atoms with van der Waals surface area (Å²) in [4.78, 5) is 13.3. The molecule has 0 spiro atoms. The number of methoxy groups -OCH3 is 2. The fraction of sp³-hybridized carbons (Fsp3) is 0.259. The number of ether oxygens (including phenoxy) is 3. The van der Waals surface area contributed by atoms with Crippen LogP contribution >= 0.6 is 0 Å². The minimum absolute atomic E-state index is 0.163. The molecule has 1 aliphatic rings. The molecule has 0 aliphatic carbocycles. The van der Waals surface area contributed by atoms with Crippen molar-refractivity contribution in [3.8, 4) is 17.2 Å². The maximum Gasteiger partial charge on any atom is 0.274 e. The predicted molar refractivity (Wildman–Crippen MR) is 128 cm³/mol. The minimum atomic E-state index is -0.323. The van der Waals surface area contributed by atoms with Crippen molar-refractivity contribution in [2.45, 2.75) is 20.5 Å². The molecule has 1 heterocycles. The summed E-state index contributed by atoms with van der Waals surface area (Å²) in [5.74, 6) is 1.76. The Kier molecular flexibility index (Phi) is 6.36. The molecule has 0 bridgehead atoms. The number of hydrogen-bond acceptors (Lipinski definition) is 5. The highest BCUT2D eigenvalue weighted by Crippen LogP contribution is 2.35. The summed E-state index contributed by atoms with van der Waals surface area (Å²) in [5.41, 5.74) is 3.01. The molecule has 0 N–H and O–H groups in total. The van der Waals surface area contributed by atoms with Crippen molar-refractivity contribution in [3.05, 3.63) is 89.5 Å². The van der Waals surface area contributed by atoms with E-state index in [0.29, 0.717) is 36.0 Å². The zero-order chi connectivity index (χ0) is 23.4. The zero-order valence-electron chi connectivity index (χ0n) is 19.4. The summed E-state index contributed by atoms with van der Waals surface area (Å²) >= 11 is 0. The normalized spacial score (nSPS) is 14.5. The van der Waals surface area contributed by atoms with E-state index >= 15 is 0 Å². The minimum Gasteiger partial charge on any atom is -0.493 e. The molecule has 33 heavy (non-hydrogen) atoms. The molecule has 1 aliphatic heterocycles. The van der Waals surface area contributed by atoms with Gasteiger partial charge in [-0.15, -0.1) is 0 Å². The maximum atomic E-state index is 13.3. The van der Waals surface area contributed by atoms with Crippen molar-refractivity contribution in [1.29, 1.82) is 0 Å². The summed E-state index contributed by atoms with van der Waals surface area (Å²) in [6.45, 7) is 5.08. The lowest BCUT2D eigenvalue weighted by Gasteiger charge is -2.21. The average Bonchev–Trinajstić information content (AvgIpc) is 3.17. The molecule has 3 aromatic rings. The molecule has 3 aromatic carbocycles. The SMILES string of the molecule is COc1ccc(C2=NN(C(=O)c3cccc(OCc4ccccc4)c3)CC2(C)C)cc1OC. The molecule has 1 amide bonds. The van der Waals surface area contributed by atoms with Gasteiger partial charge in [-0.3, -0.25) is 4.79 Å². The second-order valence-corrected chi connectivity index (χ2v) is 8.57. The third-order valence-electron chi connectivity index (χ3n) is 5.63. The summed E-state index contributed by atoms with van der Waals surface area (Å²) in [7, 11) is 3.21. The molecule has 6 nitrogen and oxygen atoms in total. The topological polar surface area (TPSA) is 60.4 Å². The zero-order valence-corrected chi connectivity index (χ0v) is 19.4. The van der Waals surface area contributed by atoms with Gasteiger partial charge in [0.1, 0.15) is 12.4 Å². The van der Waals surface area contributed by atoms with E-state index in [1.807, 2.05) is 60.7 Å². The van der Waals surface area contributed by atoms with Gasteiger partial charge >= 0.3 is 0 Å². The van der Waals surface area contributed by atoms with Crippen molar-refractivity contribution < 1.29 is 19.0 Å². The summed E-state index contributed by atoms with van der Waals surface area (Å²) in [6, 6.07) is 22.8. The Hall–Kier alpha value is -3.80. The first-order valence-corrected chi connectivity index (χ1v) is 10.8. The van der Waals surface area contributed by atoms with Crippen molar-refractivity contribution in [2.24, 2.45) is 10.5 Å². The highest BCUT2D eigenvalue weighted by molar-refractivity contribution is 6.08. The van der Waals surface area contributed by atoms with Gasteiger partial charge in [0, 0.05) is 16.5 Å². The van der Waals surface area contributed by atoms with Gasteiger partial charge in [-0.1, -0.05) is 50.2 Å². The largest absolute Gasteiger partial charge is 0.493 e. The molecular formula is C27H28N2O4. The molecule has 0 saturated carbocycles. The Labute approximate surface area is 194 Å². The fourth-order valence-corrected chi connectivity index (χ4v) is 3.90. The maximum absolute atomic E-state index is 13.3. The van der Waals surface area contributed by atoms with Crippen LogP contribution in [0.5, 0.6) is 17.2 Å². The van der Waals surface area contributed by atoms with Crippen molar-refractivity contribution in [2.75, 3.05) is 20.8 Å². The number of hydrogen-bond donors (Lipinski definition) is 0. The quantitative estimate of drug-likeness (QED) is 0.505. The van der Waals surface area contributed by atoms with Crippen molar-refractivity contribution in [3.63, 3.8) is 0 Å². The van der Waals surface area contributed by atoms with Gasteiger partial charge < -0.3 is 14.2 Å². The number of benzene rings is 3. The van der Waals surface area contributed by atoms with Crippen LogP contribution in [-0.4, -0.2) is 37.4 Å². The number of rotatable bonds is 7. The van der Waals surface area contributed by atoms with Gasteiger partial charge in [0.2, 0.25) is 0 Å². The smallest absolute Gasteiger partial charge is 0.274 e. The fourth-order valence-electron chi connectivity index (χ4n) is 3.90. The number of carbonyl (C=O) groups is 1. The summed E-state index contributed by atoms with van der Waals surface area (Å²) < 4.78 is 16.7. The standard InChI is InChI=1S/C27H28N2O4/c1-27(2)18-29(28-25(27)20-13-14-23(31-3)24(16-20)32-4)26(30)21-11-8-12-22(15-21)33-17-19-9-6-5-7-10-19/h5-16H,17-18H2,1-4H3. The number of carbonyl (C=O) groups excluding carboxylic acids is 1. The van der Waals surface area contributed by atoms with E-state index in [2.05, 4.69) is 13.8 Å². The Bertz CT molecular complexity index is 1170. The molecule has 0 radical (unpaired) electrons. The predicted octanol–water partition coefficient (Wildman–Crippen LogP) is 5.17. The van der Waals surface area contributed by atoms with Crippen LogP contribution in [0.1, 0.15) is 35.3 Å².